The molecule has 6 rings (SSSR count). The Labute approximate surface area is 214 Å². The lowest BCUT2D eigenvalue weighted by Crippen LogP contribution is -2.44. The van der Waals surface area contributed by atoms with E-state index in [-0.39, 0.29) is 5.56 Å². The summed E-state index contributed by atoms with van der Waals surface area (Å²) in [6.45, 7) is 8.35. The van der Waals surface area contributed by atoms with Crippen LogP contribution in [0, 0.1) is 0 Å². The molecule has 0 unspecified atom stereocenters. The third kappa shape index (κ3) is 4.15. The molecule has 1 fully saturated rings. The molecule has 1 aliphatic rings. The molecule has 3 aromatic heterocycles. The summed E-state index contributed by atoms with van der Waals surface area (Å²) in [5.74, 6) is 0.422. The number of aromatic nitrogens is 6. The van der Waals surface area contributed by atoms with Gasteiger partial charge in [0.2, 0.25) is 5.95 Å². The van der Waals surface area contributed by atoms with Crippen LogP contribution >= 0.6 is 0 Å². The smallest absolute Gasteiger partial charge is 0.278 e. The number of benzene rings is 2. The van der Waals surface area contributed by atoms with Gasteiger partial charge in [-0.1, -0.05) is 6.08 Å². The Kier molecular flexibility index (Phi) is 5.72. The number of hydrogen-bond donors (Lipinski definition) is 1. The van der Waals surface area contributed by atoms with Crippen LogP contribution < -0.4 is 15.8 Å². The summed E-state index contributed by atoms with van der Waals surface area (Å²) >= 11 is 0. The zero-order valence-corrected chi connectivity index (χ0v) is 21.0. The van der Waals surface area contributed by atoms with Crippen LogP contribution in [0.15, 0.2) is 72.3 Å². The van der Waals surface area contributed by atoms with Gasteiger partial charge in [-0.05, 0) is 49.5 Å². The van der Waals surface area contributed by atoms with Gasteiger partial charge in [-0.15, -0.1) is 6.58 Å². The standard InChI is InChI=1S/C27H29N9O/c1-4-11-35-26(37)23-18-28-27(30-20-6-9-21(10-7-20)34-14-12-32(2)13-15-34)31-25(23)36(35)22-8-5-19-17-29-33(3)24(19)16-22/h4-10,16-18H,1,11-15H2,2-3H3,(H,28,30,31). The van der Waals surface area contributed by atoms with E-state index in [1.807, 2.05) is 52.9 Å². The molecule has 0 bridgehead atoms. The second-order valence-corrected chi connectivity index (χ2v) is 9.39. The summed E-state index contributed by atoms with van der Waals surface area (Å²) in [7, 11) is 4.05. The molecule has 1 aliphatic heterocycles. The maximum atomic E-state index is 13.2. The predicted octanol–water partition coefficient (Wildman–Crippen LogP) is 3.15. The van der Waals surface area contributed by atoms with Gasteiger partial charge in [0.25, 0.3) is 5.56 Å². The van der Waals surface area contributed by atoms with Crippen molar-refractivity contribution in [2.45, 2.75) is 6.54 Å². The van der Waals surface area contributed by atoms with E-state index in [1.54, 1.807) is 17.0 Å². The normalized spacial score (nSPS) is 14.5. The number of allylic oxidation sites excluding steroid dienone is 1. The largest absolute Gasteiger partial charge is 0.369 e. The van der Waals surface area contributed by atoms with E-state index in [9.17, 15) is 4.79 Å². The van der Waals surface area contributed by atoms with Gasteiger partial charge in [-0.2, -0.15) is 10.1 Å². The van der Waals surface area contributed by atoms with E-state index in [0.717, 1.165) is 48.5 Å². The second-order valence-electron chi connectivity index (χ2n) is 9.39. The van der Waals surface area contributed by atoms with Crippen molar-refractivity contribution < 1.29 is 0 Å². The lowest BCUT2D eigenvalue weighted by atomic mass is 10.2. The highest BCUT2D eigenvalue weighted by molar-refractivity contribution is 5.83. The van der Waals surface area contributed by atoms with Crippen molar-refractivity contribution in [3.63, 3.8) is 0 Å². The molecule has 2 aromatic carbocycles. The van der Waals surface area contributed by atoms with Crippen LogP contribution in [0.3, 0.4) is 0 Å². The zero-order valence-electron chi connectivity index (χ0n) is 21.0. The van der Waals surface area contributed by atoms with E-state index in [1.165, 1.54) is 5.69 Å². The SMILES string of the molecule is C=CCn1c(=O)c2cnc(Nc3ccc(N4CCN(C)CC4)cc3)nc2n1-c1ccc2cnn(C)c2c1. The molecule has 0 amide bonds. The van der Waals surface area contributed by atoms with E-state index in [0.29, 0.717) is 23.5 Å². The monoisotopic (exact) mass is 495 g/mol. The molecule has 5 aromatic rings. The summed E-state index contributed by atoms with van der Waals surface area (Å²) in [4.78, 5) is 27.2. The maximum absolute atomic E-state index is 13.2. The van der Waals surface area contributed by atoms with Crippen molar-refractivity contribution in [3.8, 4) is 5.69 Å². The fraction of sp³-hybridized carbons (Fsp3) is 0.259. The fourth-order valence-electron chi connectivity index (χ4n) is 4.85. The minimum absolute atomic E-state index is 0.164. The van der Waals surface area contributed by atoms with E-state index in [2.05, 4.69) is 51.0 Å². The summed E-state index contributed by atoms with van der Waals surface area (Å²) < 4.78 is 5.27. The molecule has 188 valence electrons. The number of nitrogens with zero attached hydrogens (tertiary/aromatic N) is 8. The zero-order chi connectivity index (χ0) is 25.5. The van der Waals surface area contributed by atoms with Gasteiger partial charge < -0.3 is 15.1 Å². The Bertz CT molecular complexity index is 1650. The quantitative estimate of drug-likeness (QED) is 0.362. The first kappa shape index (κ1) is 23.0. The lowest BCUT2D eigenvalue weighted by Gasteiger charge is -2.34. The molecular weight excluding hydrogens is 466 g/mol. The van der Waals surface area contributed by atoms with Crippen LogP contribution in [-0.2, 0) is 13.6 Å². The van der Waals surface area contributed by atoms with Crippen molar-refractivity contribution in [2.75, 3.05) is 43.4 Å². The molecule has 0 radical (unpaired) electrons. The molecular formula is C27H29N9O. The minimum atomic E-state index is -0.164. The minimum Gasteiger partial charge on any atom is -0.369 e. The first-order valence-corrected chi connectivity index (χ1v) is 12.3. The molecule has 10 heteroatoms. The van der Waals surface area contributed by atoms with Gasteiger partial charge >= 0.3 is 0 Å². The molecule has 0 spiro atoms. The van der Waals surface area contributed by atoms with Gasteiger partial charge in [0.15, 0.2) is 5.65 Å². The first-order chi connectivity index (χ1) is 18.0. The van der Waals surface area contributed by atoms with E-state index < -0.39 is 0 Å². The maximum Gasteiger partial charge on any atom is 0.278 e. The molecule has 0 atom stereocenters. The van der Waals surface area contributed by atoms with Crippen LogP contribution in [0.4, 0.5) is 17.3 Å². The highest BCUT2D eigenvalue weighted by atomic mass is 16.1. The van der Waals surface area contributed by atoms with Gasteiger partial charge in [-0.25, -0.2) is 14.3 Å². The number of piperazine rings is 1. The highest BCUT2D eigenvalue weighted by Gasteiger charge is 2.18. The number of fused-ring (bicyclic) bond motifs is 2. The number of aryl methyl sites for hydroxylation is 1. The fourth-order valence-corrected chi connectivity index (χ4v) is 4.85. The van der Waals surface area contributed by atoms with Gasteiger partial charge in [0.05, 0.1) is 23.9 Å². The van der Waals surface area contributed by atoms with E-state index >= 15 is 0 Å². The van der Waals surface area contributed by atoms with Crippen LogP contribution in [0.5, 0.6) is 0 Å². The summed E-state index contributed by atoms with van der Waals surface area (Å²) in [5.41, 5.74) is 4.22. The predicted molar refractivity (Wildman–Crippen MR) is 147 cm³/mol. The number of nitrogens with one attached hydrogen (secondary N) is 1. The Morgan fingerprint density at radius 1 is 1.00 bits per heavy atom. The van der Waals surface area contributed by atoms with Crippen LogP contribution in [0.2, 0.25) is 0 Å². The van der Waals surface area contributed by atoms with Gasteiger partial charge in [-0.3, -0.25) is 9.48 Å². The van der Waals surface area contributed by atoms with Gasteiger partial charge in [0.1, 0.15) is 5.39 Å². The van der Waals surface area contributed by atoms with Crippen LogP contribution in [0.25, 0.3) is 27.6 Å². The summed E-state index contributed by atoms with van der Waals surface area (Å²) in [6, 6.07) is 14.3. The summed E-state index contributed by atoms with van der Waals surface area (Å²) in [6.07, 6.45) is 5.11. The highest BCUT2D eigenvalue weighted by Crippen LogP contribution is 2.24. The third-order valence-electron chi connectivity index (χ3n) is 6.95. The van der Waals surface area contributed by atoms with Crippen LogP contribution in [-0.4, -0.2) is 67.2 Å². The molecule has 1 saturated heterocycles. The molecule has 10 nitrogen and oxygen atoms in total. The third-order valence-corrected chi connectivity index (χ3v) is 6.95. The molecule has 1 N–H and O–H groups in total. The second kappa shape index (κ2) is 9.21. The summed E-state index contributed by atoms with van der Waals surface area (Å²) in [5, 5.41) is 9.11. The van der Waals surface area contributed by atoms with Gasteiger partial charge in [0, 0.05) is 56.2 Å². The van der Waals surface area contributed by atoms with Crippen molar-refractivity contribution >= 4 is 39.3 Å². The van der Waals surface area contributed by atoms with Crippen molar-refractivity contribution in [1.29, 1.82) is 0 Å². The van der Waals surface area contributed by atoms with Crippen LogP contribution in [0.1, 0.15) is 0 Å². The Morgan fingerprint density at radius 2 is 1.76 bits per heavy atom. The molecule has 0 saturated carbocycles. The topological polar surface area (TPSA) is 89.0 Å². The number of hydrogen-bond acceptors (Lipinski definition) is 7. The average molecular weight is 496 g/mol. The van der Waals surface area contributed by atoms with Crippen molar-refractivity contribution in [2.24, 2.45) is 7.05 Å². The number of likely N-dealkylation sites (N-methyl/N-ethyl adjacent to an activating group) is 1. The molecule has 37 heavy (non-hydrogen) atoms. The lowest BCUT2D eigenvalue weighted by molar-refractivity contribution is 0.313. The van der Waals surface area contributed by atoms with Crippen molar-refractivity contribution in [1.82, 2.24) is 34.0 Å². The molecule has 0 aliphatic carbocycles. The first-order valence-electron chi connectivity index (χ1n) is 12.3. The number of rotatable bonds is 6. The average Bonchev–Trinajstić information content (AvgIpc) is 3.41. The Hall–Kier alpha value is -4.44. The Morgan fingerprint density at radius 3 is 2.51 bits per heavy atom. The number of anilines is 3. The van der Waals surface area contributed by atoms with Crippen molar-refractivity contribution in [3.05, 3.63) is 77.9 Å². The molecule has 4 heterocycles. The van der Waals surface area contributed by atoms with E-state index in [4.69, 9.17) is 4.98 Å². The Balaban J connectivity index is 1.36.